The molecule has 3 rings (SSSR count). The summed E-state index contributed by atoms with van der Waals surface area (Å²) in [5, 5.41) is 10.7. The van der Waals surface area contributed by atoms with Crippen molar-refractivity contribution in [3.63, 3.8) is 0 Å². The number of rotatable bonds is 5. The first kappa shape index (κ1) is 25.7. The van der Waals surface area contributed by atoms with Gasteiger partial charge in [0.25, 0.3) is 0 Å². The Bertz CT molecular complexity index is 834. The number of allylic oxidation sites excluding steroid dienone is 2. The summed E-state index contributed by atoms with van der Waals surface area (Å²) >= 11 is 0. The number of amides is 2. The van der Waals surface area contributed by atoms with Crippen LogP contribution in [0.3, 0.4) is 0 Å². The minimum atomic E-state index is -0.229. The second-order valence-electron chi connectivity index (χ2n) is 11.6. The second-order valence-corrected chi connectivity index (χ2v) is 11.6. The fourth-order valence-corrected chi connectivity index (χ4v) is 6.85. The Kier molecular flexibility index (Phi) is 7.62. The lowest BCUT2D eigenvalue weighted by Crippen LogP contribution is -2.54. The number of hydrogen-bond donors (Lipinski definition) is 1. The summed E-state index contributed by atoms with van der Waals surface area (Å²) in [6.45, 7) is 21.1. The molecule has 1 N–H and O–H groups in total. The van der Waals surface area contributed by atoms with E-state index < -0.39 is 0 Å². The van der Waals surface area contributed by atoms with Crippen LogP contribution in [0, 0.1) is 22.7 Å². The van der Waals surface area contributed by atoms with E-state index in [1.54, 1.807) is 17.9 Å². The van der Waals surface area contributed by atoms with Gasteiger partial charge in [-0.05, 0) is 75.0 Å². The van der Waals surface area contributed by atoms with Gasteiger partial charge in [-0.1, -0.05) is 45.1 Å². The first-order valence-electron chi connectivity index (χ1n) is 12.6. The van der Waals surface area contributed by atoms with Crippen molar-refractivity contribution in [2.45, 2.75) is 79.2 Å². The Hall–Kier alpha value is -1.88. The zero-order chi connectivity index (χ0) is 24.6. The molecule has 0 aromatic heterocycles. The monoisotopic (exact) mass is 456 g/mol. The third kappa shape index (κ3) is 5.13. The van der Waals surface area contributed by atoms with E-state index >= 15 is 0 Å². The third-order valence-electron chi connectivity index (χ3n) is 8.99. The zero-order valence-corrected chi connectivity index (χ0v) is 21.5. The van der Waals surface area contributed by atoms with Crippen molar-refractivity contribution in [3.05, 3.63) is 36.0 Å². The molecule has 1 aliphatic heterocycles. The maximum Gasteiger partial charge on any atom is 0.249 e. The predicted molar refractivity (Wildman–Crippen MR) is 133 cm³/mol. The molecule has 2 aliphatic carbocycles. The first-order valence-corrected chi connectivity index (χ1v) is 12.6. The molecule has 0 unspecified atom stereocenters. The summed E-state index contributed by atoms with van der Waals surface area (Å²) in [5.41, 5.74) is 3.09. The van der Waals surface area contributed by atoms with E-state index in [4.69, 9.17) is 0 Å². The van der Waals surface area contributed by atoms with E-state index in [-0.39, 0.29) is 28.7 Å². The van der Waals surface area contributed by atoms with Gasteiger partial charge in [0.15, 0.2) is 0 Å². The number of aliphatic hydroxyl groups is 1. The summed E-state index contributed by atoms with van der Waals surface area (Å²) in [6, 6.07) is 0. The van der Waals surface area contributed by atoms with Gasteiger partial charge in [-0.2, -0.15) is 0 Å². The number of carbonyl (C=O) groups is 2. The number of piperazine rings is 1. The van der Waals surface area contributed by atoms with Crippen LogP contribution in [0.1, 0.15) is 73.1 Å². The molecule has 0 bridgehead atoms. The minimum absolute atomic E-state index is 0.0215. The number of aliphatic hydroxyl groups excluding tert-OH is 1. The summed E-state index contributed by atoms with van der Waals surface area (Å²) < 4.78 is 0. The molecule has 1 saturated heterocycles. The van der Waals surface area contributed by atoms with Gasteiger partial charge in [-0.3, -0.25) is 9.59 Å². The quantitative estimate of drug-likeness (QED) is 0.481. The highest BCUT2D eigenvalue weighted by molar-refractivity contribution is 5.92. The molecule has 5 nitrogen and oxygen atoms in total. The Balaban J connectivity index is 1.60. The van der Waals surface area contributed by atoms with Crippen molar-refractivity contribution in [2.24, 2.45) is 22.7 Å². The summed E-state index contributed by atoms with van der Waals surface area (Å²) in [4.78, 5) is 28.5. The van der Waals surface area contributed by atoms with Gasteiger partial charge in [0.05, 0.1) is 6.10 Å². The van der Waals surface area contributed by atoms with Gasteiger partial charge in [0.2, 0.25) is 11.8 Å². The standard InChI is InChI=1S/C28H44N2O3/c1-19(2)26(33)30-16-14-29(15-17-30)25(32)18-20(3)8-10-22-21(4)9-11-23-27(5,6)24(31)12-13-28(22,23)7/h18,22-24,31H,1,4,8-17H2,2-3,5-7H3/b20-18+/t22-,23-,24-,28+/m1/s1. The molecule has 0 radical (unpaired) electrons. The predicted octanol–water partition coefficient (Wildman–Crippen LogP) is 4.73. The smallest absolute Gasteiger partial charge is 0.249 e. The fraction of sp³-hybridized carbons (Fsp3) is 0.714. The molecule has 3 aliphatic rings. The van der Waals surface area contributed by atoms with Gasteiger partial charge in [-0.25, -0.2) is 0 Å². The number of hydrogen-bond acceptors (Lipinski definition) is 3. The molecule has 184 valence electrons. The molecule has 4 atom stereocenters. The van der Waals surface area contributed by atoms with Crippen LogP contribution >= 0.6 is 0 Å². The molecule has 1 heterocycles. The average molecular weight is 457 g/mol. The molecule has 5 heteroatoms. The largest absolute Gasteiger partial charge is 0.393 e. The van der Waals surface area contributed by atoms with E-state index in [1.807, 2.05) is 4.90 Å². The lowest BCUT2D eigenvalue weighted by molar-refractivity contribution is -0.134. The van der Waals surface area contributed by atoms with E-state index in [0.29, 0.717) is 43.6 Å². The van der Waals surface area contributed by atoms with Crippen LogP contribution in [0.15, 0.2) is 36.0 Å². The van der Waals surface area contributed by atoms with Crippen LogP contribution in [0.4, 0.5) is 0 Å². The fourth-order valence-electron chi connectivity index (χ4n) is 6.85. The van der Waals surface area contributed by atoms with Crippen molar-refractivity contribution < 1.29 is 14.7 Å². The van der Waals surface area contributed by atoms with Crippen LogP contribution in [0.2, 0.25) is 0 Å². The lowest BCUT2D eigenvalue weighted by Gasteiger charge is -2.59. The average Bonchev–Trinajstić information content (AvgIpc) is 2.75. The van der Waals surface area contributed by atoms with Crippen LogP contribution in [0.25, 0.3) is 0 Å². The summed E-state index contributed by atoms with van der Waals surface area (Å²) in [7, 11) is 0. The van der Waals surface area contributed by atoms with Gasteiger partial charge >= 0.3 is 0 Å². The Labute approximate surface area is 200 Å². The normalized spacial score (nSPS) is 32.4. The molecular weight excluding hydrogens is 412 g/mol. The molecule has 0 spiro atoms. The Morgan fingerprint density at radius 1 is 1.09 bits per heavy atom. The van der Waals surface area contributed by atoms with Crippen LogP contribution in [-0.4, -0.2) is 59.0 Å². The molecule has 33 heavy (non-hydrogen) atoms. The van der Waals surface area contributed by atoms with Crippen LogP contribution in [-0.2, 0) is 9.59 Å². The highest BCUT2D eigenvalue weighted by Crippen LogP contribution is 2.61. The van der Waals surface area contributed by atoms with Crippen molar-refractivity contribution >= 4 is 11.8 Å². The minimum Gasteiger partial charge on any atom is -0.393 e. The highest BCUT2D eigenvalue weighted by atomic mass is 16.3. The Morgan fingerprint density at radius 2 is 1.70 bits per heavy atom. The number of carbonyl (C=O) groups excluding carboxylic acids is 2. The van der Waals surface area contributed by atoms with E-state index in [2.05, 4.69) is 40.9 Å². The van der Waals surface area contributed by atoms with Gasteiger partial charge in [0, 0.05) is 37.8 Å². The van der Waals surface area contributed by atoms with Gasteiger partial charge in [-0.15, -0.1) is 0 Å². The SMILES string of the molecule is C=C(C)C(=O)N1CCN(C(=O)/C=C(\C)CC[C@@H]2C(=C)CC[C@@H]3C(C)(C)[C@H](O)CC[C@@]23C)CC1. The van der Waals surface area contributed by atoms with E-state index in [0.717, 1.165) is 44.1 Å². The van der Waals surface area contributed by atoms with E-state index in [9.17, 15) is 14.7 Å². The zero-order valence-electron chi connectivity index (χ0n) is 21.5. The number of nitrogens with zero attached hydrogens (tertiary/aromatic N) is 2. The third-order valence-corrected chi connectivity index (χ3v) is 8.99. The molecule has 0 aromatic carbocycles. The van der Waals surface area contributed by atoms with Crippen molar-refractivity contribution in [1.29, 1.82) is 0 Å². The van der Waals surface area contributed by atoms with Crippen LogP contribution in [0.5, 0.6) is 0 Å². The summed E-state index contributed by atoms with van der Waals surface area (Å²) in [5.74, 6) is 0.946. The molecule has 0 aromatic rings. The lowest BCUT2D eigenvalue weighted by atomic mass is 9.46. The van der Waals surface area contributed by atoms with Crippen LogP contribution < -0.4 is 0 Å². The molecular formula is C28H44N2O3. The highest BCUT2D eigenvalue weighted by Gasteiger charge is 2.55. The Morgan fingerprint density at radius 3 is 2.30 bits per heavy atom. The van der Waals surface area contributed by atoms with Crippen molar-refractivity contribution in [1.82, 2.24) is 9.80 Å². The number of fused-ring (bicyclic) bond motifs is 1. The van der Waals surface area contributed by atoms with Gasteiger partial charge < -0.3 is 14.9 Å². The maximum absolute atomic E-state index is 12.8. The summed E-state index contributed by atoms with van der Waals surface area (Å²) in [6.07, 6.45) is 7.50. The first-order chi connectivity index (χ1) is 15.4. The molecule has 2 saturated carbocycles. The second kappa shape index (κ2) is 9.77. The van der Waals surface area contributed by atoms with E-state index in [1.165, 1.54) is 5.57 Å². The molecule has 2 amide bonds. The topological polar surface area (TPSA) is 60.9 Å². The van der Waals surface area contributed by atoms with Gasteiger partial charge in [0.1, 0.15) is 0 Å². The maximum atomic E-state index is 12.8. The van der Waals surface area contributed by atoms with Crippen molar-refractivity contribution in [3.8, 4) is 0 Å². The van der Waals surface area contributed by atoms with Crippen molar-refractivity contribution in [2.75, 3.05) is 26.2 Å². The molecule has 3 fully saturated rings.